The van der Waals surface area contributed by atoms with Crippen LogP contribution in [0.15, 0.2) is 97.3 Å². The Kier molecular flexibility index (Phi) is 10.9. The molecule has 1 aromatic heterocycles. The molecule has 0 aliphatic heterocycles. The van der Waals surface area contributed by atoms with Crippen LogP contribution in [0, 0.1) is 0 Å². The zero-order valence-electron chi connectivity index (χ0n) is 27.1. The number of amides is 3. The monoisotopic (exact) mass is 608 g/mol. The van der Waals surface area contributed by atoms with Crippen LogP contribution in [0.25, 0.3) is 10.8 Å². The average Bonchev–Trinajstić information content (AvgIpc) is 3.03. The van der Waals surface area contributed by atoms with E-state index >= 15 is 0 Å². The van der Waals surface area contributed by atoms with Crippen LogP contribution in [0.2, 0.25) is 0 Å². The molecule has 0 saturated carbocycles. The van der Waals surface area contributed by atoms with Gasteiger partial charge in [-0.1, -0.05) is 72.8 Å². The highest BCUT2D eigenvalue weighted by Crippen LogP contribution is 2.21. The molecule has 0 spiro atoms. The summed E-state index contributed by atoms with van der Waals surface area (Å²) < 4.78 is 5.67. The Morgan fingerprint density at radius 2 is 1.29 bits per heavy atom. The summed E-state index contributed by atoms with van der Waals surface area (Å²) in [6.45, 7) is 5.86. The van der Waals surface area contributed by atoms with Gasteiger partial charge in [0.1, 0.15) is 17.7 Å². The number of fused-ring (bicyclic) bond motifs is 1. The van der Waals surface area contributed by atoms with Gasteiger partial charge in [-0.05, 0) is 66.8 Å². The minimum atomic E-state index is -0.904. The molecule has 0 saturated heterocycles. The Morgan fingerprint density at radius 1 is 0.689 bits per heavy atom. The molecule has 8 nitrogen and oxygen atoms in total. The summed E-state index contributed by atoms with van der Waals surface area (Å²) in [5.74, 6) is -0.513. The summed E-state index contributed by atoms with van der Waals surface area (Å²) in [4.78, 5) is 50.4. The zero-order valence-corrected chi connectivity index (χ0v) is 27.1. The molecule has 0 radical (unpaired) electrons. The van der Waals surface area contributed by atoms with E-state index in [0.717, 1.165) is 27.5 Å². The van der Waals surface area contributed by atoms with Crippen LogP contribution in [0.4, 0.5) is 4.79 Å². The molecule has 1 unspecified atom stereocenters. The van der Waals surface area contributed by atoms with Crippen molar-refractivity contribution in [3.05, 3.63) is 114 Å². The molecule has 3 aromatic carbocycles. The third-order valence-corrected chi connectivity index (χ3v) is 7.91. The Balaban J connectivity index is 1.64. The minimum Gasteiger partial charge on any atom is -0.444 e. The Morgan fingerprint density at radius 3 is 1.96 bits per heavy atom. The van der Waals surface area contributed by atoms with E-state index in [0.29, 0.717) is 19.4 Å². The average molecular weight is 609 g/mol. The summed E-state index contributed by atoms with van der Waals surface area (Å²) in [6, 6.07) is 25.9. The maximum absolute atomic E-state index is 14.5. The van der Waals surface area contributed by atoms with Crippen LogP contribution < -0.4 is 0 Å². The van der Waals surface area contributed by atoms with Crippen molar-refractivity contribution in [1.82, 2.24) is 19.7 Å². The van der Waals surface area contributed by atoms with Crippen LogP contribution in [0.3, 0.4) is 0 Å². The Hall–Kier alpha value is -4.72. The molecule has 0 bridgehead atoms. The molecule has 1 heterocycles. The minimum absolute atomic E-state index is 0.173. The van der Waals surface area contributed by atoms with Gasteiger partial charge in [0.2, 0.25) is 11.8 Å². The molecular formula is C37H44N4O4. The van der Waals surface area contributed by atoms with Crippen molar-refractivity contribution in [2.45, 2.75) is 57.7 Å². The Bertz CT molecular complexity index is 1590. The molecule has 8 heteroatoms. The van der Waals surface area contributed by atoms with Gasteiger partial charge in [-0.2, -0.15) is 0 Å². The summed E-state index contributed by atoms with van der Waals surface area (Å²) in [5.41, 5.74) is 2.17. The third kappa shape index (κ3) is 9.14. The van der Waals surface area contributed by atoms with Gasteiger partial charge in [-0.25, -0.2) is 4.79 Å². The highest BCUT2D eigenvalue weighted by molar-refractivity contribution is 5.92. The van der Waals surface area contributed by atoms with Gasteiger partial charge in [-0.15, -0.1) is 0 Å². The van der Waals surface area contributed by atoms with E-state index in [4.69, 9.17) is 4.74 Å². The highest BCUT2D eigenvalue weighted by atomic mass is 16.6. The normalized spacial score (nSPS) is 12.7. The second-order valence-corrected chi connectivity index (χ2v) is 12.5. The largest absolute Gasteiger partial charge is 0.444 e. The Labute approximate surface area is 266 Å². The topological polar surface area (TPSA) is 83.1 Å². The first-order chi connectivity index (χ1) is 21.4. The van der Waals surface area contributed by atoms with Gasteiger partial charge in [0, 0.05) is 52.9 Å². The standard InChI is InChI=1S/C37H44N4O4/c1-37(2,3)45-36(44)41(6)33(26-29-16-17-30-14-10-11-15-31(30)24-29)35(43)40(5)32(25-28-12-8-7-9-13-28)34(42)39(4)23-20-27-18-21-38-22-19-27/h7-19,21-22,24,32-33H,20,23,25-26H2,1-6H3/t32?,33-/m1/s1. The molecule has 4 aromatic rings. The predicted octanol–water partition coefficient (Wildman–Crippen LogP) is 5.78. The van der Waals surface area contributed by atoms with Crippen LogP contribution in [0.1, 0.15) is 37.5 Å². The lowest BCUT2D eigenvalue weighted by molar-refractivity contribution is -0.146. The lowest BCUT2D eigenvalue weighted by Gasteiger charge is -2.36. The lowest BCUT2D eigenvalue weighted by Crippen LogP contribution is -2.56. The number of carbonyl (C=O) groups excluding carboxylic acids is 3. The summed E-state index contributed by atoms with van der Waals surface area (Å²) in [6.07, 6.45) is 4.12. The highest BCUT2D eigenvalue weighted by Gasteiger charge is 2.37. The van der Waals surface area contributed by atoms with Gasteiger partial charge < -0.3 is 14.5 Å². The van der Waals surface area contributed by atoms with Crippen molar-refractivity contribution in [2.24, 2.45) is 0 Å². The van der Waals surface area contributed by atoms with E-state index in [2.05, 4.69) is 4.98 Å². The number of likely N-dealkylation sites (N-methyl/N-ethyl adjacent to an activating group) is 3. The number of rotatable bonds is 11. The van der Waals surface area contributed by atoms with Crippen molar-refractivity contribution in [3.63, 3.8) is 0 Å². The number of hydrogen-bond acceptors (Lipinski definition) is 5. The van der Waals surface area contributed by atoms with Crippen LogP contribution >= 0.6 is 0 Å². The van der Waals surface area contributed by atoms with Crippen molar-refractivity contribution in [3.8, 4) is 0 Å². The number of benzene rings is 3. The van der Waals surface area contributed by atoms with E-state index in [-0.39, 0.29) is 18.2 Å². The summed E-state index contributed by atoms with van der Waals surface area (Å²) in [7, 11) is 5.00. The van der Waals surface area contributed by atoms with Crippen LogP contribution in [-0.4, -0.2) is 83.0 Å². The predicted molar refractivity (Wildman–Crippen MR) is 178 cm³/mol. The van der Waals surface area contributed by atoms with E-state index in [1.54, 1.807) is 59.2 Å². The molecule has 236 valence electrons. The van der Waals surface area contributed by atoms with Gasteiger partial charge >= 0.3 is 6.09 Å². The van der Waals surface area contributed by atoms with E-state index in [1.165, 1.54) is 9.80 Å². The number of hydrogen-bond donors (Lipinski definition) is 0. The van der Waals surface area contributed by atoms with Crippen molar-refractivity contribution in [2.75, 3.05) is 27.7 Å². The summed E-state index contributed by atoms with van der Waals surface area (Å²) in [5, 5.41) is 2.13. The lowest BCUT2D eigenvalue weighted by atomic mass is 9.98. The quantitative estimate of drug-likeness (QED) is 0.216. The first kappa shape index (κ1) is 33.2. The molecule has 3 amide bonds. The molecule has 0 N–H and O–H groups in total. The number of aromatic nitrogens is 1. The zero-order chi connectivity index (χ0) is 32.6. The van der Waals surface area contributed by atoms with E-state index < -0.39 is 23.8 Å². The molecule has 45 heavy (non-hydrogen) atoms. The molecule has 4 rings (SSSR count). The van der Waals surface area contributed by atoms with E-state index in [9.17, 15) is 14.4 Å². The summed E-state index contributed by atoms with van der Waals surface area (Å²) >= 11 is 0. The smallest absolute Gasteiger partial charge is 0.410 e. The maximum Gasteiger partial charge on any atom is 0.410 e. The van der Waals surface area contributed by atoms with Crippen molar-refractivity contribution in [1.29, 1.82) is 0 Å². The van der Waals surface area contributed by atoms with E-state index in [1.807, 2.05) is 84.9 Å². The fourth-order valence-corrected chi connectivity index (χ4v) is 5.27. The maximum atomic E-state index is 14.5. The first-order valence-corrected chi connectivity index (χ1v) is 15.3. The van der Waals surface area contributed by atoms with Crippen LogP contribution in [0.5, 0.6) is 0 Å². The number of pyridine rings is 1. The molecule has 0 aliphatic carbocycles. The number of nitrogens with zero attached hydrogens (tertiary/aromatic N) is 4. The van der Waals surface area contributed by atoms with Gasteiger partial charge in [0.25, 0.3) is 0 Å². The van der Waals surface area contributed by atoms with Crippen LogP contribution in [-0.2, 0) is 33.6 Å². The van der Waals surface area contributed by atoms with Gasteiger partial charge in [-0.3, -0.25) is 19.5 Å². The first-order valence-electron chi connectivity index (χ1n) is 15.3. The SMILES string of the molecule is CN(CCc1ccncc1)C(=O)C(Cc1ccccc1)N(C)C(=O)[C@@H](Cc1ccc2ccccc2c1)N(C)C(=O)OC(C)(C)C. The van der Waals surface area contributed by atoms with Crippen molar-refractivity contribution < 1.29 is 19.1 Å². The second kappa shape index (κ2) is 14.8. The molecular weight excluding hydrogens is 564 g/mol. The van der Waals surface area contributed by atoms with Crippen molar-refractivity contribution >= 4 is 28.7 Å². The number of carbonyl (C=O) groups is 3. The fourth-order valence-electron chi connectivity index (χ4n) is 5.27. The molecule has 2 atom stereocenters. The van der Waals surface area contributed by atoms with Gasteiger partial charge in [0.05, 0.1) is 0 Å². The van der Waals surface area contributed by atoms with Gasteiger partial charge in [0.15, 0.2) is 0 Å². The molecule has 0 fully saturated rings. The number of ether oxygens (including phenoxy) is 1. The molecule has 0 aliphatic rings. The second-order valence-electron chi connectivity index (χ2n) is 12.5. The fraction of sp³-hybridized carbons (Fsp3) is 0.351. The third-order valence-electron chi connectivity index (χ3n) is 7.91.